The average molecular weight is 491 g/mol. The molecule has 0 saturated carbocycles. The third kappa shape index (κ3) is 5.82. The van der Waals surface area contributed by atoms with Crippen LogP contribution in [-0.2, 0) is 17.5 Å². The molecule has 0 spiro atoms. The topological polar surface area (TPSA) is 33.0 Å². The number of hydrogen-bond donors (Lipinski definition) is 0. The minimum absolute atomic E-state index is 0.0350. The van der Waals surface area contributed by atoms with Gasteiger partial charge in [0.05, 0.1) is 12.2 Å². The lowest BCUT2D eigenvalue weighted by Gasteiger charge is -2.15. The van der Waals surface area contributed by atoms with Gasteiger partial charge in [-0.3, -0.25) is 0 Å². The van der Waals surface area contributed by atoms with Crippen LogP contribution in [0.2, 0.25) is 0 Å². The van der Waals surface area contributed by atoms with Crippen LogP contribution < -0.4 is 0 Å². The maximum absolute atomic E-state index is 14.3. The molecule has 0 bridgehead atoms. The lowest BCUT2D eigenvalue weighted by Crippen LogP contribution is -2.13. The molecule has 3 aromatic rings. The van der Waals surface area contributed by atoms with Crippen LogP contribution in [0.15, 0.2) is 42.5 Å². The van der Waals surface area contributed by atoms with E-state index in [0.717, 1.165) is 36.8 Å². The number of nitrogens with zero attached hydrogens (tertiary/aromatic N) is 1. The molecule has 0 atom stereocenters. The summed E-state index contributed by atoms with van der Waals surface area (Å²) in [4.78, 5) is 0. The Bertz CT molecular complexity index is 1320. The average Bonchev–Trinajstić information content (AvgIpc) is 2.78. The fourth-order valence-corrected chi connectivity index (χ4v) is 3.26. The van der Waals surface area contributed by atoms with Gasteiger partial charge in [0.1, 0.15) is 34.6 Å². The fraction of sp³-hybridized carbons (Fsp3) is 0.192. The van der Waals surface area contributed by atoms with E-state index in [1.165, 1.54) is 12.1 Å². The minimum atomic E-state index is -5.19. The first-order chi connectivity index (χ1) is 16.6. The van der Waals surface area contributed by atoms with Crippen molar-refractivity contribution in [1.29, 1.82) is 5.26 Å². The van der Waals surface area contributed by atoms with Crippen molar-refractivity contribution in [2.24, 2.45) is 0 Å². The fourth-order valence-electron chi connectivity index (χ4n) is 3.26. The van der Waals surface area contributed by atoms with E-state index >= 15 is 0 Å². The van der Waals surface area contributed by atoms with E-state index in [4.69, 9.17) is 10.00 Å². The normalized spacial score (nSPS) is 11.1. The zero-order chi connectivity index (χ0) is 25.8. The molecule has 3 aromatic carbocycles. The zero-order valence-corrected chi connectivity index (χ0v) is 18.2. The lowest BCUT2D eigenvalue weighted by atomic mass is 9.95. The molecule has 0 unspecified atom stereocenters. The second-order valence-electron chi connectivity index (χ2n) is 7.39. The molecule has 0 amide bonds. The molecule has 3 rings (SSSR count). The van der Waals surface area contributed by atoms with E-state index < -0.39 is 51.7 Å². The Morgan fingerprint density at radius 3 is 2.00 bits per heavy atom. The summed E-state index contributed by atoms with van der Waals surface area (Å²) < 4.78 is 102. The second kappa shape index (κ2) is 10.6. The predicted molar refractivity (Wildman–Crippen MR) is 114 cm³/mol. The van der Waals surface area contributed by atoms with E-state index in [1.54, 1.807) is 0 Å². The summed E-state index contributed by atoms with van der Waals surface area (Å²) in [5.74, 6) is -0.398. The van der Waals surface area contributed by atoms with E-state index in [2.05, 4.69) is 11.8 Å². The quantitative estimate of drug-likeness (QED) is 0.216. The van der Waals surface area contributed by atoms with Crippen LogP contribution in [0.25, 0.3) is 11.1 Å². The first-order valence-electron chi connectivity index (χ1n) is 10.2. The number of hydrogen-bond acceptors (Lipinski definition) is 2. The van der Waals surface area contributed by atoms with E-state index in [0.29, 0.717) is 18.2 Å². The predicted octanol–water partition coefficient (Wildman–Crippen LogP) is 7.13. The standard InChI is InChI=1S/C26H16F7NO/c1-2-9-35-14-16-10-21(27)18(22(28)11-16)8-5-15-3-6-17(7-4-15)19-12-23(29)20(13-34)25(30)24(19)26(31,32)33/h3-4,6-7,10-12H,2,9,14H2,1H3. The first-order valence-corrected chi connectivity index (χ1v) is 10.2. The van der Waals surface area contributed by atoms with Gasteiger partial charge in [0, 0.05) is 12.2 Å². The van der Waals surface area contributed by atoms with Gasteiger partial charge < -0.3 is 4.74 Å². The van der Waals surface area contributed by atoms with Crippen LogP contribution in [0.5, 0.6) is 0 Å². The van der Waals surface area contributed by atoms with Crippen LogP contribution in [0.4, 0.5) is 30.7 Å². The molecule has 0 heterocycles. The van der Waals surface area contributed by atoms with Crippen LogP contribution in [0, 0.1) is 46.4 Å². The molecule has 0 radical (unpaired) electrons. The van der Waals surface area contributed by atoms with Gasteiger partial charge >= 0.3 is 6.18 Å². The van der Waals surface area contributed by atoms with Gasteiger partial charge in [-0.05, 0) is 53.4 Å². The smallest absolute Gasteiger partial charge is 0.377 e. The van der Waals surface area contributed by atoms with Crippen molar-refractivity contribution in [3.05, 3.63) is 93.6 Å². The van der Waals surface area contributed by atoms with Crippen molar-refractivity contribution in [2.45, 2.75) is 26.1 Å². The molecular weight excluding hydrogens is 475 g/mol. The van der Waals surface area contributed by atoms with Gasteiger partial charge in [0.2, 0.25) is 0 Å². The lowest BCUT2D eigenvalue weighted by molar-refractivity contribution is -0.139. The summed E-state index contributed by atoms with van der Waals surface area (Å²) in [7, 11) is 0. The highest BCUT2D eigenvalue weighted by Gasteiger charge is 2.39. The summed E-state index contributed by atoms with van der Waals surface area (Å²) in [5, 5.41) is 8.77. The van der Waals surface area contributed by atoms with Gasteiger partial charge in [0.15, 0.2) is 5.82 Å². The van der Waals surface area contributed by atoms with Crippen LogP contribution >= 0.6 is 0 Å². The summed E-state index contributed by atoms with van der Waals surface area (Å²) in [6, 6.07) is 8.43. The third-order valence-corrected chi connectivity index (χ3v) is 4.86. The molecule has 35 heavy (non-hydrogen) atoms. The van der Waals surface area contributed by atoms with Gasteiger partial charge in [-0.2, -0.15) is 18.4 Å². The van der Waals surface area contributed by atoms with Crippen LogP contribution in [-0.4, -0.2) is 6.61 Å². The highest BCUT2D eigenvalue weighted by atomic mass is 19.4. The Morgan fingerprint density at radius 2 is 1.46 bits per heavy atom. The minimum Gasteiger partial charge on any atom is -0.377 e. The Balaban J connectivity index is 1.94. The largest absolute Gasteiger partial charge is 0.419 e. The van der Waals surface area contributed by atoms with E-state index in [1.807, 2.05) is 6.92 Å². The number of nitriles is 1. The number of alkyl halides is 3. The number of benzene rings is 3. The van der Waals surface area contributed by atoms with Crippen molar-refractivity contribution < 1.29 is 35.5 Å². The molecule has 0 aliphatic carbocycles. The summed E-state index contributed by atoms with van der Waals surface area (Å²) >= 11 is 0. The van der Waals surface area contributed by atoms with Gasteiger partial charge in [0.25, 0.3) is 0 Å². The number of ether oxygens (including phenoxy) is 1. The molecule has 0 fully saturated rings. The Hall–Kier alpha value is -3.82. The maximum atomic E-state index is 14.3. The summed E-state index contributed by atoms with van der Waals surface area (Å²) in [5.41, 5.74) is -4.12. The van der Waals surface area contributed by atoms with Crippen molar-refractivity contribution in [3.63, 3.8) is 0 Å². The first kappa shape index (κ1) is 25.8. The number of rotatable bonds is 5. The molecule has 0 saturated heterocycles. The van der Waals surface area contributed by atoms with Crippen LogP contribution in [0.3, 0.4) is 0 Å². The summed E-state index contributed by atoms with van der Waals surface area (Å²) in [6.45, 7) is 2.36. The third-order valence-electron chi connectivity index (χ3n) is 4.86. The number of halogens is 7. The molecular formula is C26H16F7NO. The van der Waals surface area contributed by atoms with E-state index in [-0.39, 0.29) is 17.7 Å². The molecule has 180 valence electrons. The van der Waals surface area contributed by atoms with Crippen molar-refractivity contribution >= 4 is 0 Å². The molecule has 0 aromatic heterocycles. The molecule has 9 heteroatoms. The highest BCUT2D eigenvalue weighted by Crippen LogP contribution is 2.40. The maximum Gasteiger partial charge on any atom is 0.419 e. The van der Waals surface area contributed by atoms with Crippen LogP contribution in [0.1, 0.15) is 41.2 Å². The highest BCUT2D eigenvalue weighted by molar-refractivity contribution is 5.70. The molecule has 0 aliphatic rings. The van der Waals surface area contributed by atoms with Gasteiger partial charge in [-0.25, -0.2) is 17.6 Å². The van der Waals surface area contributed by atoms with Gasteiger partial charge in [-0.15, -0.1) is 0 Å². The monoisotopic (exact) mass is 491 g/mol. The molecule has 2 nitrogen and oxygen atoms in total. The molecule has 0 aliphatic heterocycles. The SMILES string of the molecule is CCCOCc1cc(F)c(C#Cc2ccc(-c3cc(F)c(C#N)c(F)c3C(F)(F)F)cc2)c(F)c1. The Morgan fingerprint density at radius 1 is 0.857 bits per heavy atom. The van der Waals surface area contributed by atoms with Gasteiger partial charge in [-0.1, -0.05) is 30.9 Å². The van der Waals surface area contributed by atoms with E-state index in [9.17, 15) is 30.7 Å². The Labute approximate surface area is 196 Å². The summed E-state index contributed by atoms with van der Waals surface area (Å²) in [6.07, 6.45) is -4.44. The molecule has 0 N–H and O–H groups in total. The van der Waals surface area contributed by atoms with Crippen molar-refractivity contribution in [1.82, 2.24) is 0 Å². The second-order valence-corrected chi connectivity index (χ2v) is 7.39. The zero-order valence-electron chi connectivity index (χ0n) is 18.2. The van der Waals surface area contributed by atoms with Crippen molar-refractivity contribution in [2.75, 3.05) is 6.61 Å². The Kier molecular flexibility index (Phi) is 7.83. The van der Waals surface area contributed by atoms with Crippen molar-refractivity contribution in [3.8, 4) is 29.0 Å².